The number of thiazole rings is 1. The van der Waals surface area contributed by atoms with Crippen LogP contribution in [-0.4, -0.2) is 23.7 Å². The van der Waals surface area contributed by atoms with Crippen LogP contribution >= 0.6 is 11.3 Å². The number of hydrogen-bond acceptors (Lipinski definition) is 4. The molecule has 2 heterocycles. The maximum Gasteiger partial charge on any atom is 0.109 e. The molecule has 1 aliphatic rings. The van der Waals surface area contributed by atoms with Crippen LogP contribution in [0.5, 0.6) is 0 Å². The van der Waals surface area contributed by atoms with Crippen molar-refractivity contribution >= 4 is 11.3 Å². The highest BCUT2D eigenvalue weighted by Gasteiger charge is 2.23. The van der Waals surface area contributed by atoms with Gasteiger partial charge in [0.1, 0.15) is 5.01 Å². The zero-order chi connectivity index (χ0) is 11.4. The molecule has 3 unspecified atom stereocenters. The second kappa shape index (κ2) is 5.75. The smallest absolute Gasteiger partial charge is 0.109 e. The zero-order valence-corrected chi connectivity index (χ0v) is 10.8. The molecule has 2 rings (SSSR count). The molecule has 0 amide bonds. The Bertz CT molecular complexity index is 302. The fraction of sp³-hybridized carbons (Fsp3) is 0.750. The van der Waals surface area contributed by atoms with Gasteiger partial charge in [0, 0.05) is 24.2 Å². The van der Waals surface area contributed by atoms with Crippen LogP contribution in [0.2, 0.25) is 0 Å². The molecule has 1 aliphatic heterocycles. The highest BCUT2D eigenvalue weighted by molar-refractivity contribution is 7.09. The third-order valence-corrected chi connectivity index (χ3v) is 4.09. The molecule has 0 bridgehead atoms. The molecule has 1 saturated heterocycles. The molecule has 0 aromatic carbocycles. The molecule has 0 spiro atoms. The van der Waals surface area contributed by atoms with Crippen LogP contribution in [0.1, 0.15) is 44.2 Å². The Morgan fingerprint density at radius 2 is 2.56 bits per heavy atom. The third kappa shape index (κ3) is 3.03. The standard InChI is InChI=1S/C12H20N2OS/c1-3-11-8-10(4-6-15-11)14-9(2)12-13-5-7-16-12/h5,7,9-11,14H,3-4,6,8H2,1-2H3. The van der Waals surface area contributed by atoms with Gasteiger partial charge in [-0.2, -0.15) is 0 Å². The van der Waals surface area contributed by atoms with Crippen LogP contribution in [0.15, 0.2) is 11.6 Å². The van der Waals surface area contributed by atoms with E-state index in [0.717, 1.165) is 25.9 Å². The summed E-state index contributed by atoms with van der Waals surface area (Å²) >= 11 is 1.72. The Hall–Kier alpha value is -0.450. The van der Waals surface area contributed by atoms with E-state index in [1.165, 1.54) is 5.01 Å². The molecular weight excluding hydrogens is 220 g/mol. The third-order valence-electron chi connectivity index (χ3n) is 3.13. The van der Waals surface area contributed by atoms with Crippen LogP contribution in [0, 0.1) is 0 Å². The van der Waals surface area contributed by atoms with Crippen molar-refractivity contribution in [1.82, 2.24) is 10.3 Å². The van der Waals surface area contributed by atoms with Gasteiger partial charge in [0.05, 0.1) is 12.1 Å². The molecule has 1 aromatic heterocycles. The average molecular weight is 240 g/mol. The summed E-state index contributed by atoms with van der Waals surface area (Å²) in [5.74, 6) is 0. The second-order valence-electron chi connectivity index (χ2n) is 4.38. The summed E-state index contributed by atoms with van der Waals surface area (Å²) in [6, 6.07) is 0.943. The zero-order valence-electron chi connectivity index (χ0n) is 9.98. The average Bonchev–Trinajstić information content (AvgIpc) is 2.83. The summed E-state index contributed by atoms with van der Waals surface area (Å²) < 4.78 is 5.68. The molecule has 4 heteroatoms. The van der Waals surface area contributed by atoms with Gasteiger partial charge < -0.3 is 10.1 Å². The molecule has 0 radical (unpaired) electrons. The molecule has 3 atom stereocenters. The van der Waals surface area contributed by atoms with Crippen LogP contribution in [0.3, 0.4) is 0 Å². The normalized spacial score (nSPS) is 27.9. The van der Waals surface area contributed by atoms with Crippen LogP contribution in [-0.2, 0) is 4.74 Å². The van der Waals surface area contributed by atoms with Crippen molar-refractivity contribution in [3.05, 3.63) is 16.6 Å². The lowest BCUT2D eigenvalue weighted by Gasteiger charge is -2.31. The number of nitrogens with zero attached hydrogens (tertiary/aromatic N) is 1. The topological polar surface area (TPSA) is 34.2 Å². The van der Waals surface area contributed by atoms with Gasteiger partial charge in [-0.1, -0.05) is 6.92 Å². The molecule has 0 aliphatic carbocycles. The molecule has 16 heavy (non-hydrogen) atoms. The van der Waals surface area contributed by atoms with Crippen LogP contribution in [0.25, 0.3) is 0 Å². The summed E-state index contributed by atoms with van der Waals surface area (Å²) in [5, 5.41) is 6.87. The predicted molar refractivity (Wildman–Crippen MR) is 66.7 cm³/mol. The van der Waals surface area contributed by atoms with E-state index in [1.807, 2.05) is 11.6 Å². The number of hydrogen-bond donors (Lipinski definition) is 1. The van der Waals surface area contributed by atoms with E-state index in [0.29, 0.717) is 18.2 Å². The Balaban J connectivity index is 1.84. The lowest BCUT2D eigenvalue weighted by atomic mass is 10.0. The molecular formula is C12H20N2OS. The van der Waals surface area contributed by atoms with Crippen molar-refractivity contribution < 1.29 is 4.74 Å². The molecule has 1 aromatic rings. The molecule has 1 fully saturated rings. The fourth-order valence-electron chi connectivity index (χ4n) is 2.19. The van der Waals surface area contributed by atoms with Crippen LogP contribution in [0.4, 0.5) is 0 Å². The number of rotatable bonds is 4. The van der Waals surface area contributed by atoms with Crippen molar-refractivity contribution in [3.63, 3.8) is 0 Å². The van der Waals surface area contributed by atoms with Crippen molar-refractivity contribution in [2.24, 2.45) is 0 Å². The Morgan fingerprint density at radius 1 is 1.69 bits per heavy atom. The van der Waals surface area contributed by atoms with Gasteiger partial charge in [-0.15, -0.1) is 11.3 Å². The first-order chi connectivity index (χ1) is 7.79. The Morgan fingerprint density at radius 3 is 3.25 bits per heavy atom. The molecule has 3 nitrogen and oxygen atoms in total. The quantitative estimate of drug-likeness (QED) is 0.878. The minimum atomic E-state index is 0.362. The van der Waals surface area contributed by atoms with E-state index in [9.17, 15) is 0 Å². The van der Waals surface area contributed by atoms with Gasteiger partial charge in [-0.05, 0) is 26.2 Å². The van der Waals surface area contributed by atoms with Crippen molar-refractivity contribution in [3.8, 4) is 0 Å². The largest absolute Gasteiger partial charge is 0.378 e. The number of ether oxygens (including phenoxy) is 1. The highest BCUT2D eigenvalue weighted by atomic mass is 32.1. The van der Waals surface area contributed by atoms with Gasteiger partial charge in [0.2, 0.25) is 0 Å². The van der Waals surface area contributed by atoms with E-state index < -0.39 is 0 Å². The highest BCUT2D eigenvalue weighted by Crippen LogP contribution is 2.21. The summed E-state index contributed by atoms with van der Waals surface area (Å²) in [4.78, 5) is 4.35. The first kappa shape index (κ1) is 12.0. The summed E-state index contributed by atoms with van der Waals surface area (Å²) in [6.07, 6.45) is 5.67. The maximum absolute atomic E-state index is 5.68. The molecule has 0 saturated carbocycles. The Labute approximate surface area is 101 Å². The van der Waals surface area contributed by atoms with Gasteiger partial charge >= 0.3 is 0 Å². The van der Waals surface area contributed by atoms with Crippen molar-refractivity contribution in [2.45, 2.75) is 51.3 Å². The summed E-state index contributed by atoms with van der Waals surface area (Å²) in [7, 11) is 0. The first-order valence-corrected chi connectivity index (χ1v) is 6.94. The van der Waals surface area contributed by atoms with Gasteiger partial charge in [-0.25, -0.2) is 4.98 Å². The fourth-order valence-corrected chi connectivity index (χ4v) is 2.84. The number of nitrogens with one attached hydrogen (secondary N) is 1. The van der Waals surface area contributed by atoms with Crippen molar-refractivity contribution in [1.29, 1.82) is 0 Å². The second-order valence-corrected chi connectivity index (χ2v) is 5.31. The van der Waals surface area contributed by atoms with Gasteiger partial charge in [0.25, 0.3) is 0 Å². The minimum Gasteiger partial charge on any atom is -0.378 e. The van der Waals surface area contributed by atoms with E-state index >= 15 is 0 Å². The number of aromatic nitrogens is 1. The molecule has 1 N–H and O–H groups in total. The predicted octanol–water partition coefficient (Wildman–Crippen LogP) is 2.75. The lowest BCUT2D eigenvalue weighted by molar-refractivity contribution is -0.00165. The van der Waals surface area contributed by atoms with Gasteiger partial charge in [0.15, 0.2) is 0 Å². The lowest BCUT2D eigenvalue weighted by Crippen LogP contribution is -2.39. The van der Waals surface area contributed by atoms with E-state index in [4.69, 9.17) is 4.74 Å². The van der Waals surface area contributed by atoms with Crippen molar-refractivity contribution in [2.75, 3.05) is 6.61 Å². The summed E-state index contributed by atoms with van der Waals surface area (Å²) in [6.45, 7) is 5.27. The minimum absolute atomic E-state index is 0.362. The first-order valence-electron chi connectivity index (χ1n) is 6.06. The SMILES string of the molecule is CCC1CC(NC(C)c2nccs2)CCO1. The van der Waals surface area contributed by atoms with Crippen LogP contribution < -0.4 is 5.32 Å². The van der Waals surface area contributed by atoms with E-state index in [2.05, 4.69) is 24.1 Å². The maximum atomic E-state index is 5.68. The monoisotopic (exact) mass is 240 g/mol. The molecule has 90 valence electrons. The van der Waals surface area contributed by atoms with Gasteiger partial charge in [-0.3, -0.25) is 0 Å². The summed E-state index contributed by atoms with van der Waals surface area (Å²) in [5.41, 5.74) is 0. The Kier molecular flexibility index (Phi) is 4.32. The van der Waals surface area contributed by atoms with E-state index in [1.54, 1.807) is 11.3 Å². The van der Waals surface area contributed by atoms with E-state index in [-0.39, 0.29) is 0 Å².